The van der Waals surface area contributed by atoms with Gasteiger partial charge in [0.25, 0.3) is 0 Å². The first-order valence-electron chi connectivity index (χ1n) is 10.4. The van der Waals surface area contributed by atoms with Crippen molar-refractivity contribution < 1.29 is 14.2 Å². The molecule has 2 rings (SSSR count). The van der Waals surface area contributed by atoms with Gasteiger partial charge in [0.15, 0.2) is 11.5 Å². The van der Waals surface area contributed by atoms with Crippen LogP contribution in [0.3, 0.4) is 0 Å². The summed E-state index contributed by atoms with van der Waals surface area (Å²) in [4.78, 5) is 0. The minimum atomic E-state index is 0.265. The summed E-state index contributed by atoms with van der Waals surface area (Å²) >= 11 is 16.1. The Bertz CT molecular complexity index is 769. The molecule has 0 aliphatic heterocycles. The molecule has 4 nitrogen and oxygen atoms in total. The lowest BCUT2D eigenvalue weighted by Crippen LogP contribution is -2.17. The van der Waals surface area contributed by atoms with Crippen molar-refractivity contribution in [2.75, 3.05) is 26.4 Å². The van der Waals surface area contributed by atoms with Crippen molar-refractivity contribution in [3.8, 4) is 11.5 Å². The van der Waals surface area contributed by atoms with Crippen LogP contribution in [0, 0.1) is 0 Å². The Hall–Kier alpha value is -0.980. The first kappa shape index (κ1) is 25.3. The highest BCUT2D eigenvalue weighted by atomic mass is 79.9. The van der Waals surface area contributed by atoms with E-state index in [9.17, 15) is 0 Å². The van der Waals surface area contributed by atoms with E-state index in [1.165, 1.54) is 6.42 Å². The molecule has 0 aliphatic carbocycles. The van der Waals surface area contributed by atoms with Crippen LogP contribution in [0.25, 0.3) is 0 Å². The highest BCUT2D eigenvalue weighted by molar-refractivity contribution is 9.10. The van der Waals surface area contributed by atoms with E-state index in [-0.39, 0.29) is 6.61 Å². The van der Waals surface area contributed by atoms with Gasteiger partial charge in [0.1, 0.15) is 6.61 Å². The Morgan fingerprint density at radius 2 is 1.67 bits per heavy atom. The summed E-state index contributed by atoms with van der Waals surface area (Å²) in [7, 11) is 0. The number of unbranched alkanes of at least 4 members (excludes halogenated alkanes) is 1. The Morgan fingerprint density at radius 1 is 0.967 bits per heavy atom. The molecular weight excluding hydrogens is 489 g/mol. The summed E-state index contributed by atoms with van der Waals surface area (Å²) in [6.45, 7) is 8.19. The van der Waals surface area contributed by atoms with Gasteiger partial charge in [0, 0.05) is 39.8 Å². The summed E-state index contributed by atoms with van der Waals surface area (Å²) in [5.74, 6) is 1.34. The maximum Gasteiger partial charge on any atom is 0.162 e. The van der Waals surface area contributed by atoms with Crippen LogP contribution in [-0.4, -0.2) is 26.4 Å². The van der Waals surface area contributed by atoms with Crippen molar-refractivity contribution in [2.45, 2.75) is 46.3 Å². The molecule has 0 atom stereocenters. The second kappa shape index (κ2) is 14.2. The number of ether oxygens (including phenoxy) is 3. The zero-order valence-electron chi connectivity index (χ0n) is 17.6. The lowest BCUT2D eigenvalue weighted by atomic mass is 10.2. The third kappa shape index (κ3) is 8.27. The van der Waals surface area contributed by atoms with Gasteiger partial charge in [-0.2, -0.15) is 0 Å². The predicted octanol–water partition coefficient (Wildman–Crippen LogP) is 7.03. The van der Waals surface area contributed by atoms with E-state index in [1.807, 2.05) is 25.1 Å². The fraction of sp³-hybridized carbons (Fsp3) is 0.478. The lowest BCUT2D eigenvalue weighted by Gasteiger charge is -2.16. The number of rotatable bonds is 14. The fourth-order valence-corrected chi connectivity index (χ4v) is 3.75. The predicted molar refractivity (Wildman–Crippen MR) is 128 cm³/mol. The normalized spacial score (nSPS) is 11.0. The topological polar surface area (TPSA) is 39.7 Å². The van der Waals surface area contributed by atoms with Crippen LogP contribution < -0.4 is 14.8 Å². The molecule has 166 valence electrons. The van der Waals surface area contributed by atoms with E-state index in [0.29, 0.717) is 28.2 Å². The standard InChI is InChI=1S/C23H30BrCl2NO3/c1-3-5-11-28-12-7-10-27-15-17-13-22(29-4-2)23(14-19(17)24)30-16-18-20(25)8-6-9-21(18)26/h6,8-9,13-14,27H,3-5,7,10-12,15-16H2,1-2H3. The molecule has 0 saturated carbocycles. The molecule has 7 heteroatoms. The van der Waals surface area contributed by atoms with Gasteiger partial charge in [-0.15, -0.1) is 0 Å². The Kier molecular flexibility index (Phi) is 11.9. The number of hydrogen-bond acceptors (Lipinski definition) is 4. The summed E-state index contributed by atoms with van der Waals surface area (Å²) in [5, 5.41) is 4.62. The molecule has 0 amide bonds. The molecule has 0 aliphatic rings. The maximum absolute atomic E-state index is 6.25. The van der Waals surface area contributed by atoms with Gasteiger partial charge in [-0.3, -0.25) is 0 Å². The Balaban J connectivity index is 1.94. The lowest BCUT2D eigenvalue weighted by molar-refractivity contribution is 0.128. The van der Waals surface area contributed by atoms with Crippen LogP contribution in [0.15, 0.2) is 34.8 Å². The van der Waals surface area contributed by atoms with Crippen LogP contribution in [0.1, 0.15) is 44.2 Å². The molecule has 0 fully saturated rings. The zero-order valence-corrected chi connectivity index (χ0v) is 20.7. The third-order valence-electron chi connectivity index (χ3n) is 4.45. The fourth-order valence-electron chi connectivity index (χ4n) is 2.78. The van der Waals surface area contributed by atoms with Crippen molar-refractivity contribution in [1.29, 1.82) is 0 Å². The average molecular weight is 519 g/mol. The molecule has 1 N–H and O–H groups in total. The van der Waals surface area contributed by atoms with E-state index in [4.69, 9.17) is 37.4 Å². The highest BCUT2D eigenvalue weighted by Crippen LogP contribution is 2.35. The SMILES string of the molecule is CCCCOCCCNCc1cc(OCC)c(OCc2c(Cl)cccc2Cl)cc1Br. The van der Waals surface area contributed by atoms with Crippen molar-refractivity contribution >= 4 is 39.1 Å². The second-order valence-corrected chi connectivity index (χ2v) is 8.48. The second-order valence-electron chi connectivity index (χ2n) is 6.81. The molecule has 0 saturated heterocycles. The van der Waals surface area contributed by atoms with Crippen LogP contribution in [0.4, 0.5) is 0 Å². The van der Waals surface area contributed by atoms with Gasteiger partial charge in [-0.05, 0) is 56.1 Å². The molecule has 0 bridgehead atoms. The zero-order chi connectivity index (χ0) is 21.8. The smallest absolute Gasteiger partial charge is 0.162 e. The van der Waals surface area contributed by atoms with Crippen molar-refractivity contribution in [3.63, 3.8) is 0 Å². The molecule has 2 aromatic rings. The molecule has 0 heterocycles. The minimum absolute atomic E-state index is 0.265. The molecule has 0 radical (unpaired) electrons. The first-order valence-corrected chi connectivity index (χ1v) is 11.9. The van der Waals surface area contributed by atoms with Crippen molar-refractivity contribution in [3.05, 3.63) is 56.0 Å². The van der Waals surface area contributed by atoms with Crippen LogP contribution in [0.2, 0.25) is 10.0 Å². The molecule has 30 heavy (non-hydrogen) atoms. The van der Waals surface area contributed by atoms with Crippen molar-refractivity contribution in [2.24, 2.45) is 0 Å². The van der Waals surface area contributed by atoms with Crippen LogP contribution in [-0.2, 0) is 17.9 Å². The minimum Gasteiger partial charge on any atom is -0.490 e. The number of nitrogens with one attached hydrogen (secondary N) is 1. The summed E-state index contributed by atoms with van der Waals surface area (Å²) in [6.07, 6.45) is 3.27. The average Bonchev–Trinajstić information content (AvgIpc) is 2.72. The van der Waals surface area contributed by atoms with Crippen LogP contribution in [0.5, 0.6) is 11.5 Å². The van der Waals surface area contributed by atoms with E-state index >= 15 is 0 Å². The summed E-state index contributed by atoms with van der Waals surface area (Å²) in [6, 6.07) is 9.35. The Labute approximate surface area is 198 Å². The molecule has 2 aromatic carbocycles. The van der Waals surface area contributed by atoms with Gasteiger partial charge in [-0.1, -0.05) is 58.5 Å². The quantitative estimate of drug-likeness (QED) is 0.272. The maximum atomic E-state index is 6.25. The first-order chi connectivity index (χ1) is 14.6. The van der Waals surface area contributed by atoms with Gasteiger partial charge >= 0.3 is 0 Å². The van der Waals surface area contributed by atoms with Crippen molar-refractivity contribution in [1.82, 2.24) is 5.32 Å². The van der Waals surface area contributed by atoms with Gasteiger partial charge < -0.3 is 19.5 Å². The molecule has 0 aromatic heterocycles. The van der Waals surface area contributed by atoms with E-state index in [1.54, 1.807) is 12.1 Å². The van der Waals surface area contributed by atoms with E-state index in [2.05, 4.69) is 28.2 Å². The number of benzene rings is 2. The molecule has 0 unspecified atom stereocenters. The largest absolute Gasteiger partial charge is 0.490 e. The highest BCUT2D eigenvalue weighted by Gasteiger charge is 2.13. The van der Waals surface area contributed by atoms with E-state index < -0.39 is 0 Å². The van der Waals surface area contributed by atoms with Gasteiger partial charge in [-0.25, -0.2) is 0 Å². The summed E-state index contributed by atoms with van der Waals surface area (Å²) in [5.41, 5.74) is 1.86. The van der Waals surface area contributed by atoms with Gasteiger partial charge in [0.2, 0.25) is 0 Å². The molecular formula is C23H30BrCl2NO3. The van der Waals surface area contributed by atoms with Crippen LogP contribution >= 0.6 is 39.1 Å². The molecule has 0 spiro atoms. The van der Waals surface area contributed by atoms with Gasteiger partial charge in [0.05, 0.1) is 6.61 Å². The Morgan fingerprint density at radius 3 is 2.37 bits per heavy atom. The number of halogens is 3. The van der Waals surface area contributed by atoms with E-state index in [0.717, 1.165) is 54.7 Å². The number of hydrogen-bond donors (Lipinski definition) is 1. The monoisotopic (exact) mass is 517 g/mol. The third-order valence-corrected chi connectivity index (χ3v) is 5.89. The summed E-state index contributed by atoms with van der Waals surface area (Å²) < 4.78 is 18.4.